The molecule has 3 nitrogen and oxygen atoms in total. The van der Waals surface area contributed by atoms with Crippen LogP contribution in [-0.2, 0) is 12.8 Å². The van der Waals surface area contributed by atoms with Gasteiger partial charge in [0.15, 0.2) is 0 Å². The third kappa shape index (κ3) is 1.70. The van der Waals surface area contributed by atoms with Crippen LogP contribution in [0.3, 0.4) is 0 Å². The predicted octanol–water partition coefficient (Wildman–Crippen LogP) is 3.22. The fourth-order valence-corrected chi connectivity index (χ4v) is 2.84. The Morgan fingerprint density at radius 1 is 1.17 bits per heavy atom. The summed E-state index contributed by atoms with van der Waals surface area (Å²) in [6, 6.07) is 4.65. The molecule has 0 bridgehead atoms. The first kappa shape index (κ1) is 11.3. The highest BCUT2D eigenvalue weighted by Crippen LogP contribution is 2.37. The second-order valence-electron chi connectivity index (χ2n) is 5.17. The number of hydrogen-bond acceptors (Lipinski definition) is 3. The molecular weight excluding hydrogens is 224 g/mol. The summed E-state index contributed by atoms with van der Waals surface area (Å²) in [5, 5.41) is 7.31. The quantitative estimate of drug-likeness (QED) is 0.878. The van der Waals surface area contributed by atoms with Crippen molar-refractivity contribution in [1.29, 1.82) is 0 Å². The Balaban J connectivity index is 1.93. The van der Waals surface area contributed by atoms with Gasteiger partial charge in [-0.1, -0.05) is 17.3 Å². The number of nitrogens with one attached hydrogen (secondary N) is 1. The molecule has 18 heavy (non-hydrogen) atoms. The molecule has 3 rings (SSSR count). The number of benzene rings is 1. The number of fused-ring (bicyclic) bond motifs is 1. The summed E-state index contributed by atoms with van der Waals surface area (Å²) in [6.45, 7) is 4.36. The number of aryl methyl sites for hydroxylation is 2. The minimum atomic E-state index is 0.447. The number of nitrogens with zero attached hydrogens (tertiary/aromatic N) is 1. The zero-order chi connectivity index (χ0) is 12.7. The Kier molecular flexibility index (Phi) is 2.62. The van der Waals surface area contributed by atoms with Gasteiger partial charge in [-0.15, -0.1) is 0 Å². The van der Waals surface area contributed by atoms with Crippen LogP contribution in [0.15, 0.2) is 22.9 Å². The standard InChI is InChI=1S/C15H18N2O/c1-9-4-11-6-13(7-12(11)5-10(9)2)15-14(16-3)8-18-17-15/h4-5,8,13,16H,6-7H2,1-3H3. The predicted molar refractivity (Wildman–Crippen MR) is 72.1 cm³/mol. The third-order valence-corrected chi connectivity index (χ3v) is 4.00. The van der Waals surface area contributed by atoms with E-state index in [-0.39, 0.29) is 0 Å². The van der Waals surface area contributed by atoms with Crippen molar-refractivity contribution in [3.8, 4) is 0 Å². The van der Waals surface area contributed by atoms with E-state index in [9.17, 15) is 0 Å². The molecule has 0 aliphatic heterocycles. The molecule has 0 fully saturated rings. The molecule has 1 aliphatic carbocycles. The van der Waals surface area contributed by atoms with Crippen molar-refractivity contribution >= 4 is 5.69 Å². The van der Waals surface area contributed by atoms with Crippen LogP contribution in [0.2, 0.25) is 0 Å². The zero-order valence-electron chi connectivity index (χ0n) is 11.1. The largest absolute Gasteiger partial charge is 0.384 e. The Labute approximate surface area is 107 Å². The van der Waals surface area contributed by atoms with E-state index < -0.39 is 0 Å². The minimum absolute atomic E-state index is 0.447. The lowest BCUT2D eigenvalue weighted by Crippen LogP contribution is -2.02. The molecule has 1 aromatic carbocycles. The van der Waals surface area contributed by atoms with Gasteiger partial charge in [-0.2, -0.15) is 0 Å². The monoisotopic (exact) mass is 242 g/mol. The van der Waals surface area contributed by atoms with E-state index in [1.54, 1.807) is 6.26 Å². The minimum Gasteiger partial charge on any atom is -0.384 e. The van der Waals surface area contributed by atoms with Gasteiger partial charge in [-0.05, 0) is 48.9 Å². The van der Waals surface area contributed by atoms with Crippen molar-refractivity contribution < 1.29 is 4.52 Å². The summed E-state index contributed by atoms with van der Waals surface area (Å²) in [5.41, 5.74) is 7.76. The number of aromatic nitrogens is 1. The van der Waals surface area contributed by atoms with Crippen molar-refractivity contribution in [1.82, 2.24) is 5.16 Å². The Hall–Kier alpha value is -1.77. The summed E-state index contributed by atoms with van der Waals surface area (Å²) in [4.78, 5) is 0. The lowest BCUT2D eigenvalue weighted by atomic mass is 10.0. The fraction of sp³-hybridized carbons (Fsp3) is 0.400. The molecule has 1 heterocycles. The van der Waals surface area contributed by atoms with Crippen molar-refractivity contribution in [3.63, 3.8) is 0 Å². The maximum Gasteiger partial charge on any atom is 0.147 e. The number of anilines is 1. The molecule has 3 heteroatoms. The second-order valence-corrected chi connectivity index (χ2v) is 5.17. The summed E-state index contributed by atoms with van der Waals surface area (Å²) in [5.74, 6) is 0.447. The zero-order valence-corrected chi connectivity index (χ0v) is 11.1. The molecule has 0 unspecified atom stereocenters. The van der Waals surface area contributed by atoms with E-state index >= 15 is 0 Å². The highest BCUT2D eigenvalue weighted by molar-refractivity contribution is 5.50. The first-order valence-corrected chi connectivity index (χ1v) is 6.40. The van der Waals surface area contributed by atoms with E-state index in [2.05, 4.69) is 36.5 Å². The molecule has 0 saturated heterocycles. The van der Waals surface area contributed by atoms with E-state index in [4.69, 9.17) is 4.52 Å². The lowest BCUT2D eigenvalue weighted by molar-refractivity contribution is 0.405. The van der Waals surface area contributed by atoms with Gasteiger partial charge in [0.1, 0.15) is 12.0 Å². The van der Waals surface area contributed by atoms with Gasteiger partial charge in [-0.25, -0.2) is 0 Å². The summed E-state index contributed by atoms with van der Waals surface area (Å²) >= 11 is 0. The first-order valence-electron chi connectivity index (χ1n) is 6.40. The van der Waals surface area contributed by atoms with Gasteiger partial charge in [0.25, 0.3) is 0 Å². The van der Waals surface area contributed by atoms with Crippen LogP contribution in [0.4, 0.5) is 5.69 Å². The van der Waals surface area contributed by atoms with E-state index in [1.165, 1.54) is 22.3 Å². The average Bonchev–Trinajstić information content (AvgIpc) is 2.95. The molecule has 0 atom stereocenters. The third-order valence-electron chi connectivity index (χ3n) is 4.00. The van der Waals surface area contributed by atoms with Gasteiger partial charge in [0.2, 0.25) is 0 Å². The highest BCUT2D eigenvalue weighted by Gasteiger charge is 2.27. The molecule has 94 valence electrons. The molecule has 1 N–H and O–H groups in total. The van der Waals surface area contributed by atoms with E-state index in [0.717, 1.165) is 24.2 Å². The van der Waals surface area contributed by atoms with E-state index in [1.807, 2.05) is 7.05 Å². The second kappa shape index (κ2) is 4.16. The van der Waals surface area contributed by atoms with Crippen molar-refractivity contribution in [2.45, 2.75) is 32.6 Å². The van der Waals surface area contributed by atoms with E-state index in [0.29, 0.717) is 5.92 Å². The Bertz CT molecular complexity index is 555. The summed E-state index contributed by atoms with van der Waals surface area (Å²) < 4.78 is 5.08. The molecule has 1 aromatic heterocycles. The van der Waals surface area contributed by atoms with Gasteiger partial charge in [0, 0.05) is 13.0 Å². The van der Waals surface area contributed by atoms with Gasteiger partial charge >= 0.3 is 0 Å². The molecule has 1 aliphatic rings. The highest BCUT2D eigenvalue weighted by atomic mass is 16.5. The molecule has 0 saturated carbocycles. The van der Waals surface area contributed by atoms with Crippen LogP contribution in [0.5, 0.6) is 0 Å². The first-order chi connectivity index (χ1) is 8.69. The van der Waals surface area contributed by atoms with Crippen molar-refractivity contribution in [2.75, 3.05) is 12.4 Å². The summed E-state index contributed by atoms with van der Waals surface area (Å²) in [7, 11) is 1.91. The normalized spacial score (nSPS) is 14.8. The average molecular weight is 242 g/mol. The van der Waals surface area contributed by atoms with Crippen LogP contribution < -0.4 is 5.32 Å². The van der Waals surface area contributed by atoms with Gasteiger partial charge < -0.3 is 9.84 Å². The Morgan fingerprint density at radius 2 is 1.78 bits per heavy atom. The SMILES string of the molecule is CNc1conc1C1Cc2cc(C)c(C)cc2C1. The number of rotatable bonds is 2. The maximum absolute atomic E-state index is 5.08. The van der Waals surface area contributed by atoms with Gasteiger partial charge in [0.05, 0.1) is 5.69 Å². The van der Waals surface area contributed by atoms with Crippen LogP contribution in [0.1, 0.15) is 33.9 Å². The van der Waals surface area contributed by atoms with Crippen molar-refractivity contribution in [3.05, 3.63) is 46.3 Å². The summed E-state index contributed by atoms with van der Waals surface area (Å²) in [6.07, 6.45) is 3.82. The van der Waals surface area contributed by atoms with Crippen LogP contribution >= 0.6 is 0 Å². The Morgan fingerprint density at radius 3 is 2.33 bits per heavy atom. The molecule has 0 spiro atoms. The van der Waals surface area contributed by atoms with Crippen LogP contribution in [0, 0.1) is 13.8 Å². The topological polar surface area (TPSA) is 38.1 Å². The smallest absolute Gasteiger partial charge is 0.147 e. The van der Waals surface area contributed by atoms with Crippen molar-refractivity contribution in [2.24, 2.45) is 0 Å². The lowest BCUT2D eigenvalue weighted by Gasteiger charge is -2.06. The molecular formula is C15H18N2O. The number of hydrogen-bond donors (Lipinski definition) is 1. The molecule has 0 amide bonds. The molecule has 0 radical (unpaired) electrons. The fourth-order valence-electron chi connectivity index (χ4n) is 2.84. The van der Waals surface area contributed by atoms with Crippen LogP contribution in [-0.4, -0.2) is 12.2 Å². The van der Waals surface area contributed by atoms with Gasteiger partial charge in [-0.3, -0.25) is 0 Å². The maximum atomic E-state index is 5.08. The van der Waals surface area contributed by atoms with Crippen LogP contribution in [0.25, 0.3) is 0 Å². The molecule has 2 aromatic rings.